The molecular formula is C18H21NS. The monoisotopic (exact) mass is 283 g/mol. The normalized spacial score (nSPS) is 13.2. The molecule has 1 aliphatic heterocycles. The van der Waals surface area contributed by atoms with Crippen LogP contribution >= 0.6 is 11.8 Å². The lowest BCUT2D eigenvalue weighted by Crippen LogP contribution is -2.16. The summed E-state index contributed by atoms with van der Waals surface area (Å²) < 4.78 is 0. The van der Waals surface area contributed by atoms with Gasteiger partial charge in [-0.2, -0.15) is 0 Å². The molecule has 2 heteroatoms. The molecule has 0 fully saturated rings. The van der Waals surface area contributed by atoms with E-state index in [0.717, 1.165) is 0 Å². The number of anilines is 2. The maximum atomic E-state index is 2.34. The van der Waals surface area contributed by atoms with Crippen LogP contribution in [0.5, 0.6) is 0 Å². The second-order valence-corrected chi connectivity index (χ2v) is 6.91. The van der Waals surface area contributed by atoms with Gasteiger partial charge < -0.3 is 4.90 Å². The Balaban J connectivity index is 2.25. The fraction of sp³-hybridized carbons (Fsp3) is 0.333. The van der Waals surface area contributed by atoms with Crippen molar-refractivity contribution < 1.29 is 0 Å². The fourth-order valence-corrected chi connectivity index (χ4v) is 4.14. The summed E-state index contributed by atoms with van der Waals surface area (Å²) in [6.07, 6.45) is 0. The molecule has 1 heterocycles. The molecule has 0 aromatic heterocycles. The van der Waals surface area contributed by atoms with Crippen LogP contribution in [0, 0.1) is 34.6 Å². The first-order chi connectivity index (χ1) is 9.40. The van der Waals surface area contributed by atoms with E-state index in [9.17, 15) is 0 Å². The van der Waals surface area contributed by atoms with Crippen LogP contribution in [0.25, 0.3) is 0 Å². The van der Waals surface area contributed by atoms with Gasteiger partial charge in [0, 0.05) is 16.8 Å². The van der Waals surface area contributed by atoms with E-state index < -0.39 is 0 Å². The third kappa shape index (κ3) is 1.86. The lowest BCUT2D eigenvalue weighted by Gasteiger charge is -2.32. The molecule has 20 heavy (non-hydrogen) atoms. The van der Waals surface area contributed by atoms with Gasteiger partial charge in [0.2, 0.25) is 0 Å². The highest BCUT2D eigenvalue weighted by atomic mass is 32.2. The second kappa shape index (κ2) is 4.56. The van der Waals surface area contributed by atoms with Gasteiger partial charge in [0.15, 0.2) is 0 Å². The van der Waals surface area contributed by atoms with Crippen molar-refractivity contribution >= 4 is 23.1 Å². The van der Waals surface area contributed by atoms with Gasteiger partial charge in [-0.1, -0.05) is 11.8 Å². The number of hydrogen-bond donors (Lipinski definition) is 0. The van der Waals surface area contributed by atoms with Crippen LogP contribution in [0.15, 0.2) is 28.0 Å². The van der Waals surface area contributed by atoms with Crippen LogP contribution < -0.4 is 4.90 Å². The minimum absolute atomic E-state index is 1.33. The lowest BCUT2D eigenvalue weighted by molar-refractivity contribution is 1.06. The largest absolute Gasteiger partial charge is 0.343 e. The molecule has 0 aliphatic carbocycles. The summed E-state index contributed by atoms with van der Waals surface area (Å²) in [5, 5.41) is 0. The number of hydrogen-bond acceptors (Lipinski definition) is 2. The standard InChI is InChI=1S/C18H21NS/c1-10-7-15-17(9-11(10)2)20-18-14(5)13(4)12(3)8-16(18)19(15)6/h7-9H,1-6H3. The van der Waals surface area contributed by atoms with E-state index in [1.54, 1.807) is 0 Å². The Morgan fingerprint density at radius 2 is 1.35 bits per heavy atom. The molecule has 0 unspecified atom stereocenters. The Morgan fingerprint density at radius 1 is 0.750 bits per heavy atom. The zero-order valence-corrected chi connectivity index (χ0v) is 13.9. The van der Waals surface area contributed by atoms with Gasteiger partial charge in [-0.3, -0.25) is 0 Å². The summed E-state index contributed by atoms with van der Waals surface area (Å²) in [5.74, 6) is 0. The minimum atomic E-state index is 1.33. The molecule has 0 radical (unpaired) electrons. The van der Waals surface area contributed by atoms with Gasteiger partial charge >= 0.3 is 0 Å². The zero-order valence-electron chi connectivity index (χ0n) is 13.1. The van der Waals surface area contributed by atoms with E-state index in [4.69, 9.17) is 0 Å². The van der Waals surface area contributed by atoms with Crippen molar-refractivity contribution in [3.63, 3.8) is 0 Å². The van der Waals surface area contributed by atoms with E-state index in [2.05, 4.69) is 64.8 Å². The number of benzene rings is 2. The smallest absolute Gasteiger partial charge is 0.0555 e. The molecule has 0 amide bonds. The lowest BCUT2D eigenvalue weighted by atomic mass is 10.0. The quantitative estimate of drug-likeness (QED) is 0.631. The van der Waals surface area contributed by atoms with Gasteiger partial charge in [0.1, 0.15) is 0 Å². The van der Waals surface area contributed by atoms with E-state index in [1.165, 1.54) is 49.0 Å². The first kappa shape index (κ1) is 13.6. The highest BCUT2D eigenvalue weighted by molar-refractivity contribution is 7.99. The summed E-state index contributed by atoms with van der Waals surface area (Å²) in [5.41, 5.74) is 9.60. The van der Waals surface area contributed by atoms with Crippen LogP contribution in [0.4, 0.5) is 11.4 Å². The predicted molar refractivity (Wildman–Crippen MR) is 88.8 cm³/mol. The first-order valence-electron chi connectivity index (χ1n) is 7.03. The summed E-state index contributed by atoms with van der Waals surface area (Å²) in [6.45, 7) is 11.1. The molecule has 0 saturated carbocycles. The predicted octanol–water partition coefficient (Wildman–Crippen LogP) is 5.46. The summed E-state index contributed by atoms with van der Waals surface area (Å²) in [6, 6.07) is 6.96. The van der Waals surface area contributed by atoms with Crippen LogP contribution in [0.2, 0.25) is 0 Å². The number of aryl methyl sites for hydroxylation is 3. The Morgan fingerprint density at radius 3 is 2.05 bits per heavy atom. The molecule has 0 atom stereocenters. The maximum absolute atomic E-state index is 2.34. The SMILES string of the molecule is Cc1cc2c(cc1C)N(C)c1cc(C)c(C)c(C)c1S2. The summed E-state index contributed by atoms with van der Waals surface area (Å²) in [4.78, 5) is 5.12. The van der Waals surface area contributed by atoms with Crippen molar-refractivity contribution in [3.05, 3.63) is 46.0 Å². The number of rotatable bonds is 0. The summed E-state index contributed by atoms with van der Waals surface area (Å²) in [7, 11) is 2.18. The summed E-state index contributed by atoms with van der Waals surface area (Å²) >= 11 is 1.92. The van der Waals surface area contributed by atoms with Gasteiger partial charge in [-0.05, 0) is 80.6 Å². The second-order valence-electron chi connectivity index (χ2n) is 5.86. The van der Waals surface area contributed by atoms with Gasteiger partial charge in [-0.25, -0.2) is 0 Å². The maximum Gasteiger partial charge on any atom is 0.0555 e. The van der Waals surface area contributed by atoms with Crippen LogP contribution in [-0.4, -0.2) is 7.05 Å². The van der Waals surface area contributed by atoms with Crippen molar-refractivity contribution in [1.82, 2.24) is 0 Å². The zero-order chi connectivity index (χ0) is 14.6. The molecule has 0 spiro atoms. The van der Waals surface area contributed by atoms with Gasteiger partial charge in [0.05, 0.1) is 11.4 Å². The highest BCUT2D eigenvalue weighted by Gasteiger charge is 2.24. The Labute approximate surface area is 126 Å². The van der Waals surface area contributed by atoms with E-state index in [0.29, 0.717) is 0 Å². The van der Waals surface area contributed by atoms with Crippen LogP contribution in [-0.2, 0) is 0 Å². The molecular weight excluding hydrogens is 262 g/mol. The van der Waals surface area contributed by atoms with Gasteiger partial charge in [-0.15, -0.1) is 0 Å². The third-order valence-electron chi connectivity index (χ3n) is 4.59. The highest BCUT2D eigenvalue weighted by Crippen LogP contribution is 2.50. The average Bonchev–Trinajstić information content (AvgIpc) is 2.41. The molecule has 2 aromatic carbocycles. The molecule has 3 rings (SSSR count). The average molecular weight is 283 g/mol. The van der Waals surface area contributed by atoms with E-state index in [-0.39, 0.29) is 0 Å². The molecule has 0 saturated heterocycles. The fourth-order valence-electron chi connectivity index (χ4n) is 2.77. The molecule has 0 N–H and O–H groups in total. The van der Waals surface area contributed by atoms with Crippen molar-refractivity contribution in [1.29, 1.82) is 0 Å². The Bertz CT molecular complexity index is 716. The minimum Gasteiger partial charge on any atom is -0.343 e. The number of nitrogens with zero attached hydrogens (tertiary/aromatic N) is 1. The molecule has 1 nitrogen and oxygen atoms in total. The van der Waals surface area contributed by atoms with E-state index >= 15 is 0 Å². The van der Waals surface area contributed by atoms with E-state index in [1.807, 2.05) is 11.8 Å². The molecule has 104 valence electrons. The van der Waals surface area contributed by atoms with Crippen molar-refractivity contribution in [2.75, 3.05) is 11.9 Å². The molecule has 1 aliphatic rings. The Hall–Kier alpha value is -1.41. The number of fused-ring (bicyclic) bond motifs is 2. The van der Waals surface area contributed by atoms with Crippen molar-refractivity contribution in [2.45, 2.75) is 44.4 Å². The molecule has 2 aromatic rings. The van der Waals surface area contributed by atoms with Gasteiger partial charge in [0.25, 0.3) is 0 Å². The van der Waals surface area contributed by atoms with Crippen LogP contribution in [0.3, 0.4) is 0 Å². The third-order valence-corrected chi connectivity index (χ3v) is 5.86. The first-order valence-corrected chi connectivity index (χ1v) is 7.85. The Kier molecular flexibility index (Phi) is 3.09. The van der Waals surface area contributed by atoms with Crippen molar-refractivity contribution in [3.8, 4) is 0 Å². The van der Waals surface area contributed by atoms with Crippen molar-refractivity contribution in [2.24, 2.45) is 0 Å². The molecule has 0 bridgehead atoms. The topological polar surface area (TPSA) is 3.24 Å². The van der Waals surface area contributed by atoms with Crippen LogP contribution in [0.1, 0.15) is 27.8 Å².